The van der Waals surface area contributed by atoms with Crippen LogP contribution in [-0.4, -0.2) is 63.3 Å². The van der Waals surface area contributed by atoms with Gasteiger partial charge in [0.2, 0.25) is 5.89 Å². The predicted octanol–water partition coefficient (Wildman–Crippen LogP) is 1.30. The fraction of sp³-hybridized carbons (Fsp3) is 0.450. The van der Waals surface area contributed by atoms with Gasteiger partial charge in [0.25, 0.3) is 5.56 Å². The summed E-state index contributed by atoms with van der Waals surface area (Å²) in [7, 11) is 1.60. The van der Waals surface area contributed by atoms with Crippen LogP contribution in [0.15, 0.2) is 27.6 Å². The molecule has 0 saturated carbocycles. The summed E-state index contributed by atoms with van der Waals surface area (Å²) in [6.45, 7) is 8.03. The van der Waals surface area contributed by atoms with Gasteiger partial charge in [0.1, 0.15) is 18.2 Å². The summed E-state index contributed by atoms with van der Waals surface area (Å²) < 4.78 is 10.3. The average Bonchev–Trinajstić information content (AvgIpc) is 3.19. The molecule has 3 aromatic heterocycles. The van der Waals surface area contributed by atoms with Crippen LogP contribution in [-0.2, 0) is 17.9 Å². The number of aromatic amines is 1. The molecule has 4 heterocycles. The Bertz CT molecular complexity index is 1050. The van der Waals surface area contributed by atoms with Crippen LogP contribution in [0, 0.1) is 13.8 Å². The maximum atomic E-state index is 12.0. The second kappa shape index (κ2) is 8.72. The van der Waals surface area contributed by atoms with Crippen LogP contribution in [0.1, 0.15) is 23.0 Å². The number of rotatable bonds is 6. The Kier molecular flexibility index (Phi) is 5.86. The third-order valence-electron chi connectivity index (χ3n) is 5.25. The van der Waals surface area contributed by atoms with Crippen molar-refractivity contribution in [3.05, 3.63) is 51.7 Å². The van der Waals surface area contributed by atoms with E-state index in [1.54, 1.807) is 20.2 Å². The van der Waals surface area contributed by atoms with E-state index in [1.165, 1.54) is 0 Å². The summed E-state index contributed by atoms with van der Waals surface area (Å²) in [6, 6.07) is 3.91. The highest BCUT2D eigenvalue weighted by Crippen LogP contribution is 2.19. The molecule has 1 fully saturated rings. The summed E-state index contributed by atoms with van der Waals surface area (Å²) in [6.07, 6.45) is 1.75. The molecule has 0 spiro atoms. The number of ether oxygens (including phenoxy) is 1. The van der Waals surface area contributed by atoms with E-state index in [4.69, 9.17) is 9.26 Å². The number of hydrogen-bond donors (Lipinski definition) is 1. The van der Waals surface area contributed by atoms with Crippen LogP contribution in [0.25, 0.3) is 11.4 Å². The standard InChI is InChI=1S/C20H25N7O3/c1-13-14(2)22-19(24-20(13)28)15-4-5-17(21-10-15)27-8-6-26(7-9-27)11-18-23-16(12-29-3)25-30-18/h4-5,10H,6-9,11-12H2,1-3H3,(H,22,24,28). The van der Waals surface area contributed by atoms with Crippen LogP contribution in [0.3, 0.4) is 0 Å². The van der Waals surface area contributed by atoms with Gasteiger partial charge in [-0.05, 0) is 26.0 Å². The molecule has 1 N–H and O–H groups in total. The van der Waals surface area contributed by atoms with Crippen molar-refractivity contribution in [1.82, 2.24) is 30.0 Å². The lowest BCUT2D eigenvalue weighted by atomic mass is 10.2. The molecule has 0 aromatic carbocycles. The maximum Gasteiger partial charge on any atom is 0.254 e. The summed E-state index contributed by atoms with van der Waals surface area (Å²) in [5, 5.41) is 3.90. The van der Waals surface area contributed by atoms with Crippen molar-refractivity contribution in [1.29, 1.82) is 0 Å². The Balaban J connectivity index is 1.36. The first-order valence-corrected chi connectivity index (χ1v) is 9.85. The average molecular weight is 411 g/mol. The number of aryl methyl sites for hydroxylation is 1. The molecule has 1 saturated heterocycles. The first-order valence-electron chi connectivity index (χ1n) is 9.85. The number of piperazine rings is 1. The second-order valence-corrected chi connectivity index (χ2v) is 7.33. The zero-order valence-electron chi connectivity index (χ0n) is 17.4. The van der Waals surface area contributed by atoms with Gasteiger partial charge in [0, 0.05) is 56.3 Å². The molecule has 0 radical (unpaired) electrons. The van der Waals surface area contributed by atoms with E-state index in [0.717, 1.165) is 43.3 Å². The lowest BCUT2D eigenvalue weighted by Crippen LogP contribution is -2.46. The van der Waals surface area contributed by atoms with Crippen LogP contribution in [0.4, 0.5) is 5.82 Å². The third-order valence-corrected chi connectivity index (χ3v) is 5.25. The molecule has 0 atom stereocenters. The lowest BCUT2D eigenvalue weighted by molar-refractivity contribution is 0.174. The second-order valence-electron chi connectivity index (χ2n) is 7.33. The van der Waals surface area contributed by atoms with E-state index in [1.807, 2.05) is 19.1 Å². The fourth-order valence-electron chi connectivity index (χ4n) is 3.36. The molecule has 0 bridgehead atoms. The minimum atomic E-state index is -0.117. The largest absolute Gasteiger partial charge is 0.377 e. The minimum absolute atomic E-state index is 0.117. The Labute approximate surface area is 173 Å². The van der Waals surface area contributed by atoms with Crippen molar-refractivity contribution in [2.24, 2.45) is 0 Å². The number of aromatic nitrogens is 5. The lowest BCUT2D eigenvalue weighted by Gasteiger charge is -2.34. The van der Waals surface area contributed by atoms with Crippen molar-refractivity contribution in [3.63, 3.8) is 0 Å². The highest BCUT2D eigenvalue weighted by molar-refractivity contribution is 5.56. The number of anilines is 1. The third kappa shape index (κ3) is 4.39. The number of nitrogens with zero attached hydrogens (tertiary/aromatic N) is 6. The predicted molar refractivity (Wildman–Crippen MR) is 110 cm³/mol. The molecule has 0 amide bonds. The molecule has 30 heavy (non-hydrogen) atoms. The van der Waals surface area contributed by atoms with E-state index < -0.39 is 0 Å². The van der Waals surface area contributed by atoms with Gasteiger partial charge in [-0.2, -0.15) is 4.98 Å². The maximum absolute atomic E-state index is 12.0. The molecule has 10 nitrogen and oxygen atoms in total. The fourth-order valence-corrected chi connectivity index (χ4v) is 3.36. The van der Waals surface area contributed by atoms with E-state index in [-0.39, 0.29) is 5.56 Å². The number of hydrogen-bond acceptors (Lipinski definition) is 9. The van der Waals surface area contributed by atoms with Crippen LogP contribution in [0.2, 0.25) is 0 Å². The van der Waals surface area contributed by atoms with E-state index in [2.05, 4.69) is 34.9 Å². The van der Waals surface area contributed by atoms with Gasteiger partial charge in [-0.3, -0.25) is 9.69 Å². The highest BCUT2D eigenvalue weighted by Gasteiger charge is 2.20. The number of nitrogens with one attached hydrogen (secondary N) is 1. The van der Waals surface area contributed by atoms with Crippen LogP contribution >= 0.6 is 0 Å². The summed E-state index contributed by atoms with van der Waals surface area (Å²) in [4.78, 5) is 32.7. The topological polar surface area (TPSA) is 113 Å². The van der Waals surface area contributed by atoms with Gasteiger partial charge in [-0.15, -0.1) is 0 Å². The Morgan fingerprint density at radius 3 is 2.63 bits per heavy atom. The molecule has 1 aliphatic rings. The van der Waals surface area contributed by atoms with Gasteiger partial charge in [0.15, 0.2) is 5.82 Å². The molecule has 4 rings (SSSR count). The summed E-state index contributed by atoms with van der Waals surface area (Å²) >= 11 is 0. The number of methoxy groups -OCH3 is 1. The van der Waals surface area contributed by atoms with Crippen LogP contribution < -0.4 is 10.5 Å². The molecule has 1 aliphatic heterocycles. The molecule has 0 unspecified atom stereocenters. The zero-order valence-corrected chi connectivity index (χ0v) is 17.4. The molecule has 158 valence electrons. The Morgan fingerprint density at radius 2 is 1.97 bits per heavy atom. The minimum Gasteiger partial charge on any atom is -0.377 e. The van der Waals surface area contributed by atoms with Gasteiger partial charge < -0.3 is 19.1 Å². The van der Waals surface area contributed by atoms with Gasteiger partial charge in [-0.1, -0.05) is 5.16 Å². The normalized spacial score (nSPS) is 15.0. The van der Waals surface area contributed by atoms with E-state index in [9.17, 15) is 4.79 Å². The highest BCUT2D eigenvalue weighted by atomic mass is 16.5. The van der Waals surface area contributed by atoms with Crippen molar-refractivity contribution < 1.29 is 9.26 Å². The first kappa shape index (κ1) is 20.2. The van der Waals surface area contributed by atoms with Gasteiger partial charge >= 0.3 is 0 Å². The van der Waals surface area contributed by atoms with E-state index in [0.29, 0.717) is 36.3 Å². The molecule has 10 heteroatoms. The van der Waals surface area contributed by atoms with E-state index >= 15 is 0 Å². The van der Waals surface area contributed by atoms with Gasteiger partial charge in [-0.25, -0.2) is 9.97 Å². The molecule has 3 aromatic rings. The SMILES string of the molecule is COCc1noc(CN2CCN(c3ccc(-c4nc(C)c(C)c(=O)[nH]4)cn3)CC2)n1. The first-order chi connectivity index (χ1) is 14.5. The molecule has 0 aliphatic carbocycles. The van der Waals surface area contributed by atoms with Crippen molar-refractivity contribution in [2.75, 3.05) is 38.2 Å². The van der Waals surface area contributed by atoms with Crippen molar-refractivity contribution in [2.45, 2.75) is 27.0 Å². The van der Waals surface area contributed by atoms with Gasteiger partial charge in [0.05, 0.1) is 6.54 Å². The Hall–Kier alpha value is -3.11. The quantitative estimate of drug-likeness (QED) is 0.641. The number of pyridine rings is 1. The van der Waals surface area contributed by atoms with Crippen LogP contribution in [0.5, 0.6) is 0 Å². The van der Waals surface area contributed by atoms with Crippen molar-refractivity contribution in [3.8, 4) is 11.4 Å². The summed E-state index contributed by atoms with van der Waals surface area (Å²) in [5.74, 6) is 2.62. The Morgan fingerprint density at radius 1 is 1.17 bits per heavy atom. The molecular formula is C20H25N7O3. The number of H-pyrrole nitrogens is 1. The molecular weight excluding hydrogens is 386 g/mol. The zero-order chi connectivity index (χ0) is 21.1. The smallest absolute Gasteiger partial charge is 0.254 e. The summed E-state index contributed by atoms with van der Waals surface area (Å²) in [5.41, 5.74) is 2.04. The monoisotopic (exact) mass is 411 g/mol. The van der Waals surface area contributed by atoms with Crippen molar-refractivity contribution >= 4 is 5.82 Å².